The highest BCUT2D eigenvalue weighted by Gasteiger charge is 2.14. The Kier molecular flexibility index (Phi) is 4.77. The second-order valence-electron chi connectivity index (χ2n) is 4.80. The molecule has 0 unspecified atom stereocenters. The molecule has 3 rings (SSSR count). The first-order valence-electron chi connectivity index (χ1n) is 7.30. The monoisotopic (exact) mass is 343 g/mol. The molecule has 1 aromatic heterocycles. The van der Waals surface area contributed by atoms with Crippen LogP contribution in [0.25, 0.3) is 11.5 Å². The Balaban J connectivity index is 1.72. The Labute approximate surface area is 143 Å². The maximum absolute atomic E-state index is 12.2. The second kappa shape index (κ2) is 7.14. The van der Waals surface area contributed by atoms with Gasteiger partial charge in [0.15, 0.2) is 0 Å². The van der Waals surface area contributed by atoms with Crippen molar-refractivity contribution in [2.24, 2.45) is 0 Å². The zero-order chi connectivity index (χ0) is 16.9. The number of halogens is 1. The molecule has 1 amide bonds. The van der Waals surface area contributed by atoms with Gasteiger partial charge in [0.1, 0.15) is 5.75 Å². The maximum atomic E-state index is 12.2. The van der Waals surface area contributed by atoms with E-state index in [1.165, 1.54) is 0 Å². The number of anilines is 1. The van der Waals surface area contributed by atoms with Crippen molar-refractivity contribution in [1.29, 1.82) is 0 Å². The molecule has 0 aliphatic rings. The third kappa shape index (κ3) is 3.55. The molecular weight excluding hydrogens is 330 g/mol. The van der Waals surface area contributed by atoms with Crippen LogP contribution in [0.2, 0.25) is 5.02 Å². The van der Waals surface area contributed by atoms with Gasteiger partial charge in [-0.1, -0.05) is 28.8 Å². The number of aromatic nitrogens is 2. The fourth-order valence-corrected chi connectivity index (χ4v) is 2.27. The van der Waals surface area contributed by atoms with Crippen molar-refractivity contribution in [1.82, 2.24) is 10.2 Å². The number of carbonyl (C=O) groups is 1. The Morgan fingerprint density at radius 1 is 1.17 bits per heavy atom. The average molecular weight is 344 g/mol. The fraction of sp³-hybridized carbons (Fsp3) is 0.118. The van der Waals surface area contributed by atoms with Crippen LogP contribution in [-0.2, 0) is 0 Å². The van der Waals surface area contributed by atoms with E-state index in [0.717, 1.165) is 0 Å². The summed E-state index contributed by atoms with van der Waals surface area (Å²) in [4.78, 5) is 12.2. The molecule has 0 saturated carbocycles. The molecule has 2 aromatic carbocycles. The minimum atomic E-state index is -0.354. The van der Waals surface area contributed by atoms with Crippen LogP contribution in [0, 0.1) is 0 Å². The van der Waals surface area contributed by atoms with Gasteiger partial charge in [0.05, 0.1) is 17.2 Å². The summed E-state index contributed by atoms with van der Waals surface area (Å²) in [6.45, 7) is 2.46. The van der Waals surface area contributed by atoms with E-state index in [1.54, 1.807) is 42.5 Å². The van der Waals surface area contributed by atoms with Gasteiger partial charge >= 0.3 is 6.01 Å². The molecule has 0 fully saturated rings. The lowest BCUT2D eigenvalue weighted by molar-refractivity contribution is 0.102. The molecule has 0 radical (unpaired) electrons. The molecule has 3 aromatic rings. The number of ether oxygens (including phenoxy) is 1. The largest absolute Gasteiger partial charge is 0.494 e. The van der Waals surface area contributed by atoms with Gasteiger partial charge in [-0.3, -0.25) is 10.1 Å². The van der Waals surface area contributed by atoms with Gasteiger partial charge in [-0.2, -0.15) is 0 Å². The molecule has 0 saturated heterocycles. The molecule has 0 bridgehead atoms. The number of nitrogens with one attached hydrogen (secondary N) is 1. The normalized spacial score (nSPS) is 10.4. The highest BCUT2D eigenvalue weighted by Crippen LogP contribution is 2.27. The van der Waals surface area contributed by atoms with Crippen LogP contribution in [-0.4, -0.2) is 22.7 Å². The van der Waals surface area contributed by atoms with Crippen molar-refractivity contribution in [3.63, 3.8) is 0 Å². The van der Waals surface area contributed by atoms with Crippen LogP contribution in [0.3, 0.4) is 0 Å². The zero-order valence-corrected chi connectivity index (χ0v) is 13.6. The van der Waals surface area contributed by atoms with Crippen LogP contribution < -0.4 is 10.1 Å². The summed E-state index contributed by atoms with van der Waals surface area (Å²) in [6, 6.07) is 13.9. The van der Waals surface area contributed by atoms with Crippen LogP contribution in [0.4, 0.5) is 6.01 Å². The number of carbonyl (C=O) groups excluding carboxylic acids is 1. The predicted octanol–water partition coefficient (Wildman–Crippen LogP) is 4.04. The highest BCUT2D eigenvalue weighted by atomic mass is 35.5. The van der Waals surface area contributed by atoms with Gasteiger partial charge < -0.3 is 9.15 Å². The van der Waals surface area contributed by atoms with Gasteiger partial charge in [-0.15, -0.1) is 5.10 Å². The van der Waals surface area contributed by atoms with E-state index >= 15 is 0 Å². The Hall–Kier alpha value is -2.86. The Bertz CT molecular complexity index is 846. The molecule has 24 heavy (non-hydrogen) atoms. The summed E-state index contributed by atoms with van der Waals surface area (Å²) in [5.41, 5.74) is 1.06. The first kappa shape index (κ1) is 16.0. The lowest BCUT2D eigenvalue weighted by Crippen LogP contribution is -2.12. The summed E-state index contributed by atoms with van der Waals surface area (Å²) in [7, 11) is 0. The summed E-state index contributed by atoms with van der Waals surface area (Å²) in [5.74, 6) is 0.586. The molecule has 6 nitrogen and oxygen atoms in total. The van der Waals surface area contributed by atoms with Crippen LogP contribution in [0.5, 0.6) is 5.75 Å². The Morgan fingerprint density at radius 2 is 1.92 bits per heavy atom. The van der Waals surface area contributed by atoms with Crippen molar-refractivity contribution in [2.45, 2.75) is 6.92 Å². The molecule has 0 spiro atoms. The van der Waals surface area contributed by atoms with Crippen molar-refractivity contribution < 1.29 is 13.9 Å². The highest BCUT2D eigenvalue weighted by molar-refractivity contribution is 6.33. The molecule has 1 heterocycles. The van der Waals surface area contributed by atoms with E-state index in [0.29, 0.717) is 28.5 Å². The smallest absolute Gasteiger partial charge is 0.322 e. The first-order chi connectivity index (χ1) is 11.7. The molecule has 0 aliphatic carbocycles. The van der Waals surface area contributed by atoms with E-state index in [-0.39, 0.29) is 17.8 Å². The maximum Gasteiger partial charge on any atom is 0.322 e. The summed E-state index contributed by atoms with van der Waals surface area (Å²) in [5, 5.41) is 10.8. The number of hydrogen-bond donors (Lipinski definition) is 1. The molecule has 7 heteroatoms. The van der Waals surface area contributed by atoms with Crippen molar-refractivity contribution in [3.8, 4) is 17.2 Å². The zero-order valence-electron chi connectivity index (χ0n) is 12.8. The van der Waals surface area contributed by atoms with E-state index in [1.807, 2.05) is 13.0 Å². The number of nitrogens with zero attached hydrogens (tertiary/aromatic N) is 2. The standard InChI is InChI=1S/C17H14ClN3O3/c1-2-23-12-9-7-11(8-10-12)15(22)19-17-21-20-16(24-17)13-5-3-4-6-14(13)18/h3-10H,2H2,1H3,(H,19,21,22). The molecule has 1 N–H and O–H groups in total. The van der Waals surface area contributed by atoms with Gasteiger partial charge in [-0.05, 0) is 43.3 Å². The van der Waals surface area contributed by atoms with E-state index < -0.39 is 0 Å². The minimum Gasteiger partial charge on any atom is -0.494 e. The second-order valence-corrected chi connectivity index (χ2v) is 5.21. The Morgan fingerprint density at radius 3 is 2.62 bits per heavy atom. The number of rotatable bonds is 5. The van der Waals surface area contributed by atoms with Gasteiger partial charge in [-0.25, -0.2) is 0 Å². The molecule has 122 valence electrons. The lowest BCUT2D eigenvalue weighted by atomic mass is 10.2. The van der Waals surface area contributed by atoms with E-state index in [4.69, 9.17) is 20.8 Å². The predicted molar refractivity (Wildman–Crippen MR) is 90.3 cm³/mol. The topological polar surface area (TPSA) is 77.2 Å². The van der Waals surface area contributed by atoms with Gasteiger partial charge in [0.25, 0.3) is 11.8 Å². The van der Waals surface area contributed by atoms with Gasteiger partial charge in [0.2, 0.25) is 0 Å². The molecule has 0 atom stereocenters. The lowest BCUT2D eigenvalue weighted by Gasteiger charge is -2.04. The minimum absolute atomic E-state index is 0.00352. The van der Waals surface area contributed by atoms with Crippen molar-refractivity contribution in [2.75, 3.05) is 11.9 Å². The number of amides is 1. The average Bonchev–Trinajstić information content (AvgIpc) is 3.04. The number of hydrogen-bond acceptors (Lipinski definition) is 5. The summed E-state index contributed by atoms with van der Waals surface area (Å²) >= 11 is 6.08. The summed E-state index contributed by atoms with van der Waals surface area (Å²) in [6.07, 6.45) is 0. The molecular formula is C17H14ClN3O3. The fourth-order valence-electron chi connectivity index (χ4n) is 2.06. The van der Waals surface area contributed by atoms with E-state index in [9.17, 15) is 4.79 Å². The summed E-state index contributed by atoms with van der Waals surface area (Å²) < 4.78 is 10.8. The van der Waals surface area contributed by atoms with Crippen molar-refractivity contribution >= 4 is 23.5 Å². The third-order valence-corrected chi connectivity index (χ3v) is 3.51. The third-order valence-electron chi connectivity index (χ3n) is 3.18. The van der Waals surface area contributed by atoms with Crippen molar-refractivity contribution in [3.05, 3.63) is 59.1 Å². The quantitative estimate of drug-likeness (QED) is 0.756. The van der Waals surface area contributed by atoms with Gasteiger partial charge in [0, 0.05) is 5.56 Å². The first-order valence-corrected chi connectivity index (χ1v) is 7.68. The van der Waals surface area contributed by atoms with Crippen LogP contribution in [0.1, 0.15) is 17.3 Å². The molecule has 0 aliphatic heterocycles. The van der Waals surface area contributed by atoms with E-state index in [2.05, 4.69) is 15.5 Å². The van der Waals surface area contributed by atoms with Crippen LogP contribution >= 0.6 is 11.6 Å². The number of benzene rings is 2. The SMILES string of the molecule is CCOc1ccc(C(=O)Nc2nnc(-c3ccccc3Cl)o2)cc1. The van der Waals surface area contributed by atoms with Crippen LogP contribution in [0.15, 0.2) is 52.9 Å².